The number of esters is 1. The third-order valence-corrected chi connectivity index (χ3v) is 4.86. The molecule has 144 valence electrons. The third kappa shape index (κ3) is 4.72. The summed E-state index contributed by atoms with van der Waals surface area (Å²) in [5.74, 6) is -0.909. The lowest BCUT2D eigenvalue weighted by atomic mass is 9.96. The molecule has 7 heteroatoms. The van der Waals surface area contributed by atoms with E-state index in [-0.39, 0.29) is 30.2 Å². The smallest absolute Gasteiger partial charge is 0.309 e. The number of aryl methyl sites for hydroxylation is 2. The van der Waals surface area contributed by atoms with Crippen molar-refractivity contribution in [3.8, 4) is 0 Å². The van der Waals surface area contributed by atoms with E-state index in [1.54, 1.807) is 4.90 Å². The predicted molar refractivity (Wildman–Crippen MR) is 97.7 cm³/mol. The lowest BCUT2D eigenvalue weighted by molar-refractivity contribution is -0.150. The maximum atomic E-state index is 13.0. The highest BCUT2D eigenvalue weighted by Crippen LogP contribution is 2.20. The lowest BCUT2D eigenvalue weighted by Crippen LogP contribution is -2.40. The maximum Gasteiger partial charge on any atom is 0.309 e. The number of hydrogen-bond donors (Lipinski definition) is 0. The van der Waals surface area contributed by atoms with Gasteiger partial charge in [-0.25, -0.2) is 4.39 Å². The molecule has 1 aromatic heterocycles. The Balaban J connectivity index is 1.44. The van der Waals surface area contributed by atoms with E-state index in [2.05, 4.69) is 5.10 Å². The quantitative estimate of drug-likeness (QED) is 0.756. The van der Waals surface area contributed by atoms with Crippen molar-refractivity contribution in [3.05, 3.63) is 53.1 Å². The predicted octanol–water partition coefficient (Wildman–Crippen LogP) is 2.73. The van der Waals surface area contributed by atoms with Gasteiger partial charge in [0, 0.05) is 24.3 Å². The Morgan fingerprint density at radius 1 is 1.19 bits per heavy atom. The Labute approximate surface area is 157 Å². The molecule has 0 radical (unpaired) electrons. The van der Waals surface area contributed by atoms with Crippen molar-refractivity contribution < 1.29 is 18.7 Å². The maximum absolute atomic E-state index is 13.0. The Kier molecular flexibility index (Phi) is 5.88. The Hall–Kier alpha value is -2.70. The van der Waals surface area contributed by atoms with Gasteiger partial charge >= 0.3 is 5.97 Å². The van der Waals surface area contributed by atoms with E-state index in [9.17, 15) is 14.0 Å². The number of ether oxygens (including phenoxy) is 1. The van der Waals surface area contributed by atoms with Crippen LogP contribution in [0.15, 0.2) is 30.3 Å². The number of piperidine rings is 1. The summed E-state index contributed by atoms with van der Waals surface area (Å²) in [6.45, 7) is 5.70. The highest BCUT2D eigenvalue weighted by Gasteiger charge is 2.28. The van der Waals surface area contributed by atoms with Crippen molar-refractivity contribution in [1.82, 2.24) is 14.7 Å². The van der Waals surface area contributed by atoms with E-state index in [1.807, 2.05) is 24.6 Å². The molecular weight excluding hydrogens is 349 g/mol. The van der Waals surface area contributed by atoms with Gasteiger partial charge < -0.3 is 9.64 Å². The lowest BCUT2D eigenvalue weighted by Gasteiger charge is -2.31. The molecule has 0 atom stereocenters. The first-order valence-electron chi connectivity index (χ1n) is 9.16. The van der Waals surface area contributed by atoms with Crippen LogP contribution in [0.25, 0.3) is 0 Å². The second kappa shape index (κ2) is 8.33. The number of nitrogens with zero attached hydrogens (tertiary/aromatic N) is 3. The molecule has 1 fully saturated rings. The van der Waals surface area contributed by atoms with E-state index in [4.69, 9.17) is 4.74 Å². The van der Waals surface area contributed by atoms with E-state index in [0.717, 1.165) is 11.4 Å². The standard InChI is InChI=1S/C20H24FN3O3/c1-14-13-15(2)24(22-14)11-12-27-20(26)17-7-9-23(10-8-17)19(25)16-3-5-18(21)6-4-16/h3-6,13,17H,7-12H2,1-2H3. The highest BCUT2D eigenvalue weighted by atomic mass is 19.1. The summed E-state index contributed by atoms with van der Waals surface area (Å²) in [7, 11) is 0. The molecular formula is C20H24FN3O3. The number of carbonyl (C=O) groups is 2. The van der Waals surface area contributed by atoms with Crippen molar-refractivity contribution in [1.29, 1.82) is 0 Å². The monoisotopic (exact) mass is 373 g/mol. The van der Waals surface area contributed by atoms with Crippen LogP contribution in [-0.2, 0) is 16.1 Å². The number of amides is 1. The zero-order chi connectivity index (χ0) is 19.4. The topological polar surface area (TPSA) is 64.4 Å². The van der Waals surface area contributed by atoms with Crippen molar-refractivity contribution in [2.24, 2.45) is 5.92 Å². The van der Waals surface area contributed by atoms with E-state index < -0.39 is 0 Å². The van der Waals surface area contributed by atoms with Gasteiger partial charge in [-0.3, -0.25) is 14.3 Å². The first-order chi connectivity index (χ1) is 12.9. The van der Waals surface area contributed by atoms with Crippen LogP contribution in [-0.4, -0.2) is 46.3 Å². The Morgan fingerprint density at radius 2 is 1.85 bits per heavy atom. The summed E-state index contributed by atoms with van der Waals surface area (Å²) in [5, 5.41) is 4.34. The summed E-state index contributed by atoms with van der Waals surface area (Å²) in [6.07, 6.45) is 1.15. The summed E-state index contributed by atoms with van der Waals surface area (Å²) < 4.78 is 20.2. The van der Waals surface area contributed by atoms with Crippen LogP contribution in [0, 0.1) is 25.6 Å². The Morgan fingerprint density at radius 3 is 2.44 bits per heavy atom. The van der Waals surface area contributed by atoms with E-state index >= 15 is 0 Å². The van der Waals surface area contributed by atoms with Crippen LogP contribution < -0.4 is 0 Å². The molecule has 1 aliphatic rings. The average molecular weight is 373 g/mol. The van der Waals surface area contributed by atoms with Gasteiger partial charge in [-0.05, 0) is 57.0 Å². The largest absolute Gasteiger partial charge is 0.463 e. The van der Waals surface area contributed by atoms with Crippen LogP contribution in [0.5, 0.6) is 0 Å². The number of hydrogen-bond acceptors (Lipinski definition) is 4. The van der Waals surface area contributed by atoms with Gasteiger partial charge in [-0.15, -0.1) is 0 Å². The van der Waals surface area contributed by atoms with Gasteiger partial charge in [0.25, 0.3) is 5.91 Å². The van der Waals surface area contributed by atoms with Crippen molar-refractivity contribution in [2.75, 3.05) is 19.7 Å². The molecule has 0 aliphatic carbocycles. The molecule has 27 heavy (non-hydrogen) atoms. The zero-order valence-electron chi connectivity index (χ0n) is 15.7. The second-order valence-electron chi connectivity index (χ2n) is 6.89. The summed E-state index contributed by atoms with van der Waals surface area (Å²) in [6, 6.07) is 7.50. The first-order valence-corrected chi connectivity index (χ1v) is 9.16. The van der Waals surface area contributed by atoms with Crippen LogP contribution in [0.1, 0.15) is 34.6 Å². The number of likely N-dealkylation sites (tertiary alicyclic amines) is 1. The molecule has 2 heterocycles. The number of aromatic nitrogens is 2. The molecule has 0 saturated carbocycles. The molecule has 0 N–H and O–H groups in total. The fourth-order valence-corrected chi connectivity index (χ4v) is 3.35. The fourth-order valence-electron chi connectivity index (χ4n) is 3.35. The van der Waals surface area contributed by atoms with Crippen LogP contribution in [0.4, 0.5) is 4.39 Å². The van der Waals surface area contributed by atoms with Crippen LogP contribution in [0.2, 0.25) is 0 Å². The van der Waals surface area contributed by atoms with E-state index in [1.165, 1.54) is 24.3 Å². The minimum absolute atomic E-state index is 0.133. The average Bonchev–Trinajstić information content (AvgIpc) is 2.99. The molecule has 0 spiro atoms. The van der Waals surface area contributed by atoms with Gasteiger partial charge in [0.05, 0.1) is 18.2 Å². The number of rotatable bonds is 5. The molecule has 1 amide bonds. The Bertz CT molecular complexity index is 808. The minimum atomic E-state index is -0.367. The van der Waals surface area contributed by atoms with Crippen LogP contribution >= 0.6 is 0 Å². The van der Waals surface area contributed by atoms with Gasteiger partial charge in [0.1, 0.15) is 12.4 Å². The molecule has 1 aliphatic heterocycles. The van der Waals surface area contributed by atoms with E-state index in [0.29, 0.717) is 38.0 Å². The number of halogens is 1. The van der Waals surface area contributed by atoms with Crippen molar-refractivity contribution >= 4 is 11.9 Å². The van der Waals surface area contributed by atoms with Crippen molar-refractivity contribution in [3.63, 3.8) is 0 Å². The molecule has 2 aromatic rings. The minimum Gasteiger partial charge on any atom is -0.463 e. The van der Waals surface area contributed by atoms with Crippen molar-refractivity contribution in [2.45, 2.75) is 33.2 Å². The molecule has 6 nitrogen and oxygen atoms in total. The molecule has 3 rings (SSSR count). The summed E-state index contributed by atoms with van der Waals surface area (Å²) in [4.78, 5) is 26.4. The van der Waals surface area contributed by atoms with Gasteiger partial charge in [0.2, 0.25) is 0 Å². The fraction of sp³-hybridized carbons (Fsp3) is 0.450. The van der Waals surface area contributed by atoms with Crippen LogP contribution in [0.3, 0.4) is 0 Å². The van der Waals surface area contributed by atoms with Gasteiger partial charge in [-0.2, -0.15) is 5.10 Å². The summed E-state index contributed by atoms with van der Waals surface area (Å²) >= 11 is 0. The number of carbonyl (C=O) groups excluding carboxylic acids is 2. The third-order valence-electron chi connectivity index (χ3n) is 4.86. The normalized spacial score (nSPS) is 15.0. The SMILES string of the molecule is Cc1cc(C)n(CCOC(=O)C2CCN(C(=O)c3ccc(F)cc3)CC2)n1. The second-order valence-corrected chi connectivity index (χ2v) is 6.89. The zero-order valence-corrected chi connectivity index (χ0v) is 15.7. The highest BCUT2D eigenvalue weighted by molar-refractivity contribution is 5.94. The molecule has 1 saturated heterocycles. The summed E-state index contributed by atoms with van der Waals surface area (Å²) in [5.41, 5.74) is 2.44. The molecule has 0 unspecified atom stereocenters. The van der Waals surface area contributed by atoms with Gasteiger partial charge in [0.15, 0.2) is 0 Å². The molecule has 0 bridgehead atoms. The molecule has 1 aromatic carbocycles. The van der Waals surface area contributed by atoms with Gasteiger partial charge in [-0.1, -0.05) is 0 Å². The first kappa shape index (κ1) is 19.1. The number of benzene rings is 1.